The molecule has 0 radical (unpaired) electrons. The highest BCUT2D eigenvalue weighted by Crippen LogP contribution is 2.17. The second kappa shape index (κ2) is 6.23. The molecule has 2 aromatic heterocycles. The third kappa shape index (κ3) is 2.78. The molecule has 1 amide bonds. The Labute approximate surface area is 139 Å². The van der Waals surface area contributed by atoms with E-state index in [2.05, 4.69) is 15.1 Å². The van der Waals surface area contributed by atoms with Gasteiger partial charge in [-0.3, -0.25) is 9.78 Å². The lowest BCUT2D eigenvalue weighted by Crippen LogP contribution is -2.33. The van der Waals surface area contributed by atoms with Gasteiger partial charge >= 0.3 is 0 Å². The lowest BCUT2D eigenvalue weighted by Gasteiger charge is -2.19. The SMILES string of the molecule is O=C(c1ccncc1)N1CCc2nc(-c3ccccc3)nn2CC1. The Balaban J connectivity index is 1.52. The molecular weight excluding hydrogens is 302 g/mol. The first-order chi connectivity index (χ1) is 11.8. The van der Waals surface area contributed by atoms with Crippen LogP contribution >= 0.6 is 0 Å². The maximum atomic E-state index is 12.6. The van der Waals surface area contributed by atoms with Crippen molar-refractivity contribution >= 4 is 5.91 Å². The van der Waals surface area contributed by atoms with Gasteiger partial charge in [0.05, 0.1) is 6.54 Å². The van der Waals surface area contributed by atoms with Crippen molar-refractivity contribution in [3.63, 3.8) is 0 Å². The first-order valence-electron chi connectivity index (χ1n) is 8.00. The largest absolute Gasteiger partial charge is 0.336 e. The summed E-state index contributed by atoms with van der Waals surface area (Å²) in [5, 5.41) is 4.61. The molecule has 6 nitrogen and oxygen atoms in total. The number of nitrogens with zero attached hydrogens (tertiary/aromatic N) is 5. The van der Waals surface area contributed by atoms with Crippen LogP contribution < -0.4 is 0 Å². The molecular formula is C18H17N5O. The van der Waals surface area contributed by atoms with Gasteiger partial charge in [0.2, 0.25) is 0 Å². The number of hydrogen-bond acceptors (Lipinski definition) is 4. The maximum Gasteiger partial charge on any atom is 0.254 e. The van der Waals surface area contributed by atoms with Gasteiger partial charge < -0.3 is 4.90 Å². The van der Waals surface area contributed by atoms with Gasteiger partial charge in [0.25, 0.3) is 5.91 Å². The van der Waals surface area contributed by atoms with Crippen molar-refractivity contribution in [3.05, 3.63) is 66.2 Å². The van der Waals surface area contributed by atoms with E-state index < -0.39 is 0 Å². The van der Waals surface area contributed by atoms with Crippen LogP contribution in [0.3, 0.4) is 0 Å². The number of amides is 1. The molecule has 0 saturated heterocycles. The molecule has 3 aromatic rings. The van der Waals surface area contributed by atoms with E-state index in [-0.39, 0.29) is 5.91 Å². The zero-order valence-corrected chi connectivity index (χ0v) is 13.2. The van der Waals surface area contributed by atoms with E-state index in [0.717, 1.165) is 17.2 Å². The van der Waals surface area contributed by atoms with Crippen LogP contribution in [0.1, 0.15) is 16.2 Å². The van der Waals surface area contributed by atoms with E-state index in [1.54, 1.807) is 24.5 Å². The van der Waals surface area contributed by atoms with Crippen LogP contribution in [0.25, 0.3) is 11.4 Å². The summed E-state index contributed by atoms with van der Waals surface area (Å²) in [6.07, 6.45) is 3.99. The predicted molar refractivity (Wildman–Crippen MR) is 89.3 cm³/mol. The van der Waals surface area contributed by atoms with E-state index in [0.29, 0.717) is 31.6 Å². The standard InChI is InChI=1S/C18H17N5O/c24-18(15-6-9-19-10-7-15)22-11-8-16-20-17(21-23(16)13-12-22)14-4-2-1-3-5-14/h1-7,9-10H,8,11-13H2. The molecule has 1 aromatic carbocycles. The fourth-order valence-corrected chi connectivity index (χ4v) is 2.89. The first-order valence-corrected chi connectivity index (χ1v) is 8.00. The number of rotatable bonds is 2. The van der Waals surface area contributed by atoms with Gasteiger partial charge in [-0.25, -0.2) is 9.67 Å². The van der Waals surface area contributed by atoms with Crippen LogP contribution in [0.5, 0.6) is 0 Å². The predicted octanol–water partition coefficient (Wildman–Crippen LogP) is 2.04. The minimum absolute atomic E-state index is 0.0337. The van der Waals surface area contributed by atoms with Gasteiger partial charge in [0.15, 0.2) is 5.82 Å². The van der Waals surface area contributed by atoms with Crippen LogP contribution in [0.15, 0.2) is 54.9 Å². The molecule has 0 unspecified atom stereocenters. The van der Waals surface area contributed by atoms with Gasteiger partial charge in [-0.15, -0.1) is 0 Å². The highest BCUT2D eigenvalue weighted by atomic mass is 16.2. The van der Waals surface area contributed by atoms with E-state index in [4.69, 9.17) is 0 Å². The van der Waals surface area contributed by atoms with Crippen molar-refractivity contribution < 1.29 is 4.79 Å². The molecule has 0 N–H and O–H groups in total. The summed E-state index contributed by atoms with van der Waals surface area (Å²) in [7, 11) is 0. The lowest BCUT2D eigenvalue weighted by atomic mass is 10.2. The zero-order valence-electron chi connectivity index (χ0n) is 13.2. The topological polar surface area (TPSA) is 63.9 Å². The van der Waals surface area contributed by atoms with Crippen LogP contribution in [0.2, 0.25) is 0 Å². The molecule has 0 spiro atoms. The number of hydrogen-bond donors (Lipinski definition) is 0. The van der Waals surface area contributed by atoms with Gasteiger partial charge in [-0.05, 0) is 12.1 Å². The molecule has 120 valence electrons. The number of pyridine rings is 1. The van der Waals surface area contributed by atoms with Gasteiger partial charge in [0.1, 0.15) is 5.82 Å². The molecule has 0 bridgehead atoms. The number of benzene rings is 1. The lowest BCUT2D eigenvalue weighted by molar-refractivity contribution is 0.0758. The molecule has 1 aliphatic rings. The second-order valence-electron chi connectivity index (χ2n) is 5.72. The minimum atomic E-state index is 0.0337. The van der Waals surface area contributed by atoms with Crippen LogP contribution in [0.4, 0.5) is 0 Å². The average molecular weight is 319 g/mol. The van der Waals surface area contributed by atoms with Crippen LogP contribution in [0, 0.1) is 0 Å². The minimum Gasteiger partial charge on any atom is -0.336 e. The number of carbonyl (C=O) groups excluding carboxylic acids is 1. The monoisotopic (exact) mass is 319 g/mol. The highest BCUT2D eigenvalue weighted by molar-refractivity contribution is 5.94. The Morgan fingerprint density at radius 2 is 1.75 bits per heavy atom. The smallest absolute Gasteiger partial charge is 0.254 e. The van der Waals surface area contributed by atoms with Gasteiger partial charge in [-0.1, -0.05) is 30.3 Å². The summed E-state index contributed by atoms with van der Waals surface area (Å²) >= 11 is 0. The molecule has 0 saturated carbocycles. The van der Waals surface area contributed by atoms with Crippen molar-refractivity contribution in [2.24, 2.45) is 0 Å². The summed E-state index contributed by atoms with van der Waals surface area (Å²) in [4.78, 5) is 23.0. The van der Waals surface area contributed by atoms with Crippen LogP contribution in [-0.4, -0.2) is 43.6 Å². The molecule has 6 heteroatoms. The molecule has 0 atom stereocenters. The summed E-state index contributed by atoms with van der Waals surface area (Å²) < 4.78 is 1.92. The normalized spacial score (nSPS) is 14.1. The summed E-state index contributed by atoms with van der Waals surface area (Å²) in [6, 6.07) is 13.5. The quantitative estimate of drug-likeness (QED) is 0.725. The number of carbonyl (C=O) groups is 1. The fourth-order valence-electron chi connectivity index (χ4n) is 2.89. The molecule has 0 fully saturated rings. The van der Waals surface area contributed by atoms with Gasteiger partial charge in [-0.2, -0.15) is 5.10 Å². The number of fused-ring (bicyclic) bond motifs is 1. The van der Waals surface area contributed by atoms with Crippen molar-refractivity contribution in [1.29, 1.82) is 0 Å². The first kappa shape index (κ1) is 14.6. The third-order valence-electron chi connectivity index (χ3n) is 4.18. The Hall–Kier alpha value is -3.02. The van der Waals surface area contributed by atoms with Crippen molar-refractivity contribution in [1.82, 2.24) is 24.6 Å². The van der Waals surface area contributed by atoms with E-state index in [9.17, 15) is 4.79 Å². The van der Waals surface area contributed by atoms with E-state index >= 15 is 0 Å². The van der Waals surface area contributed by atoms with Crippen molar-refractivity contribution in [2.45, 2.75) is 13.0 Å². The summed E-state index contributed by atoms with van der Waals surface area (Å²) in [5.74, 6) is 1.71. The van der Waals surface area contributed by atoms with Crippen LogP contribution in [-0.2, 0) is 13.0 Å². The Bertz CT molecular complexity index is 819. The molecule has 1 aliphatic heterocycles. The average Bonchev–Trinajstić information content (AvgIpc) is 2.96. The Morgan fingerprint density at radius 3 is 2.54 bits per heavy atom. The maximum absolute atomic E-state index is 12.6. The summed E-state index contributed by atoms with van der Waals surface area (Å²) in [5.41, 5.74) is 1.69. The third-order valence-corrected chi connectivity index (χ3v) is 4.18. The second-order valence-corrected chi connectivity index (χ2v) is 5.72. The highest BCUT2D eigenvalue weighted by Gasteiger charge is 2.22. The van der Waals surface area contributed by atoms with E-state index in [1.807, 2.05) is 39.9 Å². The number of aromatic nitrogens is 4. The molecule has 3 heterocycles. The Morgan fingerprint density at radius 1 is 0.958 bits per heavy atom. The van der Waals surface area contributed by atoms with E-state index in [1.165, 1.54) is 0 Å². The molecule has 0 aliphatic carbocycles. The molecule has 24 heavy (non-hydrogen) atoms. The van der Waals surface area contributed by atoms with Gasteiger partial charge in [0, 0.05) is 43.0 Å². The molecule has 4 rings (SSSR count). The summed E-state index contributed by atoms with van der Waals surface area (Å²) in [6.45, 7) is 1.94. The zero-order chi connectivity index (χ0) is 16.4. The fraction of sp³-hybridized carbons (Fsp3) is 0.222. The Kier molecular flexibility index (Phi) is 3.78. The van der Waals surface area contributed by atoms with Crippen molar-refractivity contribution in [2.75, 3.05) is 13.1 Å². The van der Waals surface area contributed by atoms with Crippen molar-refractivity contribution in [3.8, 4) is 11.4 Å².